The Bertz CT molecular complexity index is 572. The molecule has 0 spiro atoms. The molecule has 2 heterocycles. The minimum atomic E-state index is -0.583. The molecule has 2 saturated heterocycles. The lowest BCUT2D eigenvalue weighted by atomic mass is 10.1. The van der Waals surface area contributed by atoms with Crippen molar-refractivity contribution in [1.82, 2.24) is 5.32 Å². The maximum atomic E-state index is 12.5. The van der Waals surface area contributed by atoms with E-state index in [9.17, 15) is 9.59 Å². The van der Waals surface area contributed by atoms with Gasteiger partial charge in [0, 0.05) is 29.9 Å². The Kier molecular flexibility index (Phi) is 4.78. The van der Waals surface area contributed by atoms with Crippen LogP contribution in [0.1, 0.15) is 19.3 Å². The first-order valence-electron chi connectivity index (χ1n) is 7.61. The van der Waals surface area contributed by atoms with Gasteiger partial charge in [0.1, 0.15) is 5.92 Å². The van der Waals surface area contributed by atoms with Crippen molar-refractivity contribution in [2.75, 3.05) is 24.6 Å². The van der Waals surface area contributed by atoms with Gasteiger partial charge in [0.2, 0.25) is 11.8 Å². The monoisotopic (exact) mass is 366 g/mol. The third-order valence-corrected chi connectivity index (χ3v) is 4.66. The van der Waals surface area contributed by atoms with Crippen molar-refractivity contribution in [2.24, 2.45) is 5.92 Å². The van der Waals surface area contributed by atoms with Crippen LogP contribution in [0.5, 0.6) is 0 Å². The highest BCUT2D eigenvalue weighted by Crippen LogP contribution is 2.27. The van der Waals surface area contributed by atoms with E-state index < -0.39 is 5.92 Å². The van der Waals surface area contributed by atoms with Gasteiger partial charge in [-0.25, -0.2) is 0 Å². The predicted molar refractivity (Wildman–Crippen MR) is 86.6 cm³/mol. The second kappa shape index (κ2) is 6.79. The van der Waals surface area contributed by atoms with Crippen LogP contribution >= 0.6 is 15.9 Å². The Morgan fingerprint density at radius 1 is 1.41 bits per heavy atom. The second-order valence-corrected chi connectivity index (χ2v) is 6.61. The van der Waals surface area contributed by atoms with Crippen LogP contribution < -0.4 is 10.2 Å². The average molecular weight is 367 g/mol. The molecule has 0 saturated carbocycles. The number of nitrogens with zero attached hydrogens (tertiary/aromatic N) is 1. The summed E-state index contributed by atoms with van der Waals surface area (Å²) in [4.78, 5) is 26.4. The molecule has 6 heteroatoms. The van der Waals surface area contributed by atoms with Gasteiger partial charge in [-0.1, -0.05) is 22.0 Å². The van der Waals surface area contributed by atoms with E-state index in [4.69, 9.17) is 4.74 Å². The lowest BCUT2D eigenvalue weighted by Crippen LogP contribution is -2.39. The molecule has 0 aromatic heterocycles. The van der Waals surface area contributed by atoms with Crippen molar-refractivity contribution >= 4 is 33.4 Å². The summed E-state index contributed by atoms with van der Waals surface area (Å²) in [6.07, 6.45) is 2.67. The minimum Gasteiger partial charge on any atom is -0.376 e. The largest absolute Gasteiger partial charge is 0.376 e. The van der Waals surface area contributed by atoms with E-state index in [2.05, 4.69) is 21.2 Å². The fourth-order valence-electron chi connectivity index (χ4n) is 2.97. The standard InChI is InChI=1S/C16H19BrN2O3/c17-11-3-1-4-12(9-11)19-7-6-14(16(19)21)15(20)18-10-13-5-2-8-22-13/h1,3-4,9,13-14H,2,5-8,10H2,(H,18,20)/t13-,14+/m1/s1. The number of benzene rings is 1. The van der Waals surface area contributed by atoms with Gasteiger partial charge >= 0.3 is 0 Å². The number of hydrogen-bond acceptors (Lipinski definition) is 3. The SMILES string of the molecule is O=C(NC[C@H]1CCCO1)[C@@H]1CCN(c2cccc(Br)c2)C1=O. The van der Waals surface area contributed by atoms with Gasteiger partial charge in [0.15, 0.2) is 0 Å². The number of amides is 2. The van der Waals surface area contributed by atoms with Crippen LogP contribution in [0.3, 0.4) is 0 Å². The molecule has 5 nitrogen and oxygen atoms in total. The van der Waals surface area contributed by atoms with Crippen LogP contribution in [-0.4, -0.2) is 37.6 Å². The van der Waals surface area contributed by atoms with E-state index in [1.165, 1.54) is 0 Å². The van der Waals surface area contributed by atoms with Crippen LogP contribution in [0.2, 0.25) is 0 Å². The maximum absolute atomic E-state index is 12.5. The molecule has 0 bridgehead atoms. The van der Waals surface area contributed by atoms with Crippen molar-refractivity contribution in [3.63, 3.8) is 0 Å². The maximum Gasteiger partial charge on any atom is 0.239 e. The molecule has 3 rings (SSSR count). The molecular weight excluding hydrogens is 348 g/mol. The lowest BCUT2D eigenvalue weighted by molar-refractivity contribution is -0.132. The zero-order valence-corrected chi connectivity index (χ0v) is 13.8. The highest BCUT2D eigenvalue weighted by atomic mass is 79.9. The first-order chi connectivity index (χ1) is 10.6. The smallest absolute Gasteiger partial charge is 0.239 e. The summed E-state index contributed by atoms with van der Waals surface area (Å²) in [6.45, 7) is 1.84. The Labute approximate surface area is 138 Å². The number of halogens is 1. The van der Waals surface area contributed by atoms with E-state index >= 15 is 0 Å². The predicted octanol–water partition coefficient (Wildman–Crippen LogP) is 2.10. The van der Waals surface area contributed by atoms with Gasteiger partial charge in [-0.05, 0) is 37.5 Å². The van der Waals surface area contributed by atoms with E-state index in [0.29, 0.717) is 19.5 Å². The Balaban J connectivity index is 1.59. The number of hydrogen-bond donors (Lipinski definition) is 1. The fraction of sp³-hybridized carbons (Fsp3) is 0.500. The summed E-state index contributed by atoms with van der Waals surface area (Å²) in [7, 11) is 0. The number of carbonyl (C=O) groups is 2. The molecule has 0 unspecified atom stereocenters. The summed E-state index contributed by atoms with van der Waals surface area (Å²) in [5, 5.41) is 2.86. The van der Waals surface area contributed by atoms with Gasteiger partial charge in [-0.15, -0.1) is 0 Å². The molecule has 22 heavy (non-hydrogen) atoms. The van der Waals surface area contributed by atoms with Crippen molar-refractivity contribution in [3.05, 3.63) is 28.7 Å². The Morgan fingerprint density at radius 2 is 2.27 bits per heavy atom. The van der Waals surface area contributed by atoms with Crippen LogP contribution in [0.25, 0.3) is 0 Å². The molecule has 1 aromatic rings. The zero-order valence-electron chi connectivity index (χ0n) is 12.3. The fourth-order valence-corrected chi connectivity index (χ4v) is 3.35. The van der Waals surface area contributed by atoms with E-state index in [1.807, 2.05) is 24.3 Å². The van der Waals surface area contributed by atoms with Gasteiger partial charge in [-0.3, -0.25) is 9.59 Å². The topological polar surface area (TPSA) is 58.6 Å². The molecule has 1 aromatic carbocycles. The number of nitrogens with one attached hydrogen (secondary N) is 1. The third-order valence-electron chi connectivity index (χ3n) is 4.17. The molecule has 0 aliphatic carbocycles. The summed E-state index contributed by atoms with van der Waals surface area (Å²) in [6, 6.07) is 7.58. The molecule has 2 amide bonds. The van der Waals surface area contributed by atoms with Crippen LogP contribution in [0, 0.1) is 5.92 Å². The Morgan fingerprint density at radius 3 is 3.00 bits per heavy atom. The highest BCUT2D eigenvalue weighted by molar-refractivity contribution is 9.10. The van der Waals surface area contributed by atoms with Gasteiger partial charge < -0.3 is 15.0 Å². The van der Waals surface area contributed by atoms with Crippen LogP contribution in [-0.2, 0) is 14.3 Å². The highest BCUT2D eigenvalue weighted by Gasteiger charge is 2.37. The Hall–Kier alpha value is -1.40. The number of ether oxygens (including phenoxy) is 1. The number of carbonyl (C=O) groups excluding carboxylic acids is 2. The molecule has 2 atom stereocenters. The third kappa shape index (κ3) is 3.33. The molecule has 1 N–H and O–H groups in total. The molecule has 0 radical (unpaired) electrons. The van der Waals surface area contributed by atoms with Crippen LogP contribution in [0.15, 0.2) is 28.7 Å². The van der Waals surface area contributed by atoms with Crippen molar-refractivity contribution in [3.8, 4) is 0 Å². The molecular formula is C16H19BrN2O3. The van der Waals surface area contributed by atoms with Gasteiger partial charge in [0.05, 0.1) is 6.10 Å². The van der Waals surface area contributed by atoms with E-state index in [-0.39, 0.29) is 17.9 Å². The second-order valence-electron chi connectivity index (χ2n) is 5.69. The molecule has 2 fully saturated rings. The zero-order chi connectivity index (χ0) is 15.5. The van der Waals surface area contributed by atoms with Crippen molar-refractivity contribution < 1.29 is 14.3 Å². The number of anilines is 1. The van der Waals surface area contributed by atoms with Crippen LogP contribution in [0.4, 0.5) is 5.69 Å². The normalized spacial score (nSPS) is 24.8. The lowest BCUT2D eigenvalue weighted by Gasteiger charge is -2.17. The van der Waals surface area contributed by atoms with Gasteiger partial charge in [0.25, 0.3) is 0 Å². The first-order valence-corrected chi connectivity index (χ1v) is 8.41. The molecule has 2 aliphatic heterocycles. The summed E-state index contributed by atoms with van der Waals surface area (Å²) in [5.74, 6) is -0.888. The van der Waals surface area contributed by atoms with Crippen molar-refractivity contribution in [1.29, 1.82) is 0 Å². The summed E-state index contributed by atoms with van der Waals surface area (Å²) < 4.78 is 6.40. The van der Waals surface area contributed by atoms with Gasteiger partial charge in [-0.2, -0.15) is 0 Å². The summed E-state index contributed by atoms with van der Waals surface area (Å²) in [5.41, 5.74) is 0.828. The molecule has 2 aliphatic rings. The van der Waals surface area contributed by atoms with Crippen molar-refractivity contribution in [2.45, 2.75) is 25.4 Å². The summed E-state index contributed by atoms with van der Waals surface area (Å²) >= 11 is 3.40. The number of rotatable bonds is 4. The average Bonchev–Trinajstić information content (AvgIpc) is 3.14. The quantitative estimate of drug-likeness (QED) is 0.830. The van der Waals surface area contributed by atoms with E-state index in [0.717, 1.165) is 29.6 Å². The molecule has 118 valence electrons. The minimum absolute atomic E-state index is 0.0987. The first kappa shape index (κ1) is 15.5. The van der Waals surface area contributed by atoms with E-state index in [1.54, 1.807) is 4.90 Å².